The molecule has 1 heterocycles. The third-order valence-corrected chi connectivity index (χ3v) is 4.44. The van der Waals surface area contributed by atoms with Crippen molar-refractivity contribution < 1.29 is 4.52 Å². The average molecular weight is 265 g/mol. The molecule has 1 aliphatic carbocycles. The highest BCUT2D eigenvalue weighted by molar-refractivity contribution is 5.11. The van der Waals surface area contributed by atoms with Gasteiger partial charge in [-0.25, -0.2) is 0 Å². The van der Waals surface area contributed by atoms with Gasteiger partial charge < -0.3 is 10.3 Å². The summed E-state index contributed by atoms with van der Waals surface area (Å²) in [7, 11) is 0. The second kappa shape index (κ2) is 4.30. The van der Waals surface area contributed by atoms with Crippen molar-refractivity contribution in [1.29, 1.82) is 0 Å². The summed E-state index contributed by atoms with van der Waals surface area (Å²) in [5.74, 6) is 1.71. The lowest BCUT2D eigenvalue weighted by molar-refractivity contribution is 0.0932. The quantitative estimate of drug-likeness (QED) is 0.845. The molecule has 1 aromatic heterocycles. The molecule has 0 bridgehead atoms. The van der Waals surface area contributed by atoms with Gasteiger partial charge in [-0.05, 0) is 30.6 Å². The van der Waals surface area contributed by atoms with E-state index < -0.39 is 5.54 Å². The van der Waals surface area contributed by atoms with Gasteiger partial charge in [-0.3, -0.25) is 0 Å². The van der Waals surface area contributed by atoms with Crippen molar-refractivity contribution >= 4 is 0 Å². The summed E-state index contributed by atoms with van der Waals surface area (Å²) < 4.78 is 5.41. The smallest absolute Gasteiger partial charge is 0.232 e. The lowest BCUT2D eigenvalue weighted by Crippen LogP contribution is -2.49. The second-order valence-electron chi connectivity index (χ2n) is 7.98. The van der Waals surface area contributed by atoms with E-state index in [0.717, 1.165) is 19.3 Å². The Morgan fingerprint density at radius 3 is 2.37 bits per heavy atom. The van der Waals surface area contributed by atoms with Crippen LogP contribution in [0, 0.1) is 11.3 Å². The van der Waals surface area contributed by atoms with Crippen LogP contribution in [0.4, 0.5) is 0 Å². The van der Waals surface area contributed by atoms with Gasteiger partial charge in [-0.1, -0.05) is 46.7 Å². The van der Waals surface area contributed by atoms with Crippen LogP contribution in [0.5, 0.6) is 0 Å². The molecule has 2 rings (SSSR count). The molecule has 19 heavy (non-hydrogen) atoms. The van der Waals surface area contributed by atoms with Crippen LogP contribution in [0.3, 0.4) is 0 Å². The number of hydrogen-bond acceptors (Lipinski definition) is 4. The van der Waals surface area contributed by atoms with Crippen molar-refractivity contribution in [2.75, 3.05) is 0 Å². The van der Waals surface area contributed by atoms with E-state index in [-0.39, 0.29) is 5.41 Å². The molecule has 0 aromatic carbocycles. The maximum Gasteiger partial charge on any atom is 0.232 e. The van der Waals surface area contributed by atoms with E-state index in [2.05, 4.69) is 51.7 Å². The highest BCUT2D eigenvalue weighted by Gasteiger charge is 2.45. The van der Waals surface area contributed by atoms with Gasteiger partial charge in [0.1, 0.15) is 0 Å². The first-order valence-electron chi connectivity index (χ1n) is 7.18. The Hall–Kier alpha value is -0.900. The Labute approximate surface area is 116 Å². The minimum atomic E-state index is -0.442. The molecule has 2 atom stereocenters. The third-order valence-electron chi connectivity index (χ3n) is 4.44. The number of nitrogens with zero attached hydrogens (tertiary/aromatic N) is 2. The summed E-state index contributed by atoms with van der Waals surface area (Å²) in [4.78, 5) is 4.57. The second-order valence-corrected chi connectivity index (χ2v) is 7.98. The van der Waals surface area contributed by atoms with Crippen LogP contribution in [-0.4, -0.2) is 10.1 Å². The highest BCUT2D eigenvalue weighted by atomic mass is 16.5. The summed E-state index contributed by atoms with van der Waals surface area (Å²) in [5.41, 5.74) is 6.41. The lowest BCUT2D eigenvalue weighted by atomic mass is 9.64. The summed E-state index contributed by atoms with van der Waals surface area (Å²) in [6, 6.07) is 0. The zero-order valence-corrected chi connectivity index (χ0v) is 13.1. The fourth-order valence-corrected chi connectivity index (χ4v) is 2.95. The summed E-state index contributed by atoms with van der Waals surface area (Å²) in [6.45, 7) is 13.0. The van der Waals surface area contributed by atoms with Crippen LogP contribution in [0.1, 0.15) is 72.5 Å². The number of rotatable bonds is 1. The summed E-state index contributed by atoms with van der Waals surface area (Å²) >= 11 is 0. The zero-order chi connectivity index (χ0) is 14.5. The minimum absolute atomic E-state index is 0.126. The fraction of sp³-hybridized carbons (Fsp3) is 0.867. The van der Waals surface area contributed by atoms with Crippen molar-refractivity contribution in [3.63, 3.8) is 0 Å². The van der Waals surface area contributed by atoms with Crippen molar-refractivity contribution in [2.45, 2.75) is 71.8 Å². The van der Waals surface area contributed by atoms with Crippen molar-refractivity contribution in [2.24, 2.45) is 17.1 Å². The largest absolute Gasteiger partial charge is 0.339 e. The molecule has 0 aliphatic heterocycles. The average Bonchev–Trinajstić information content (AvgIpc) is 2.72. The van der Waals surface area contributed by atoms with E-state index in [9.17, 15) is 0 Å². The molecule has 4 nitrogen and oxygen atoms in total. The standard InChI is InChI=1S/C15H27N3O/c1-10-9-14(5,6)7-8-15(10,16)11-17-12(19-18-11)13(2,3)4/h10H,7-9,16H2,1-6H3. The van der Waals surface area contributed by atoms with Gasteiger partial charge in [0.05, 0.1) is 5.54 Å². The zero-order valence-electron chi connectivity index (χ0n) is 13.1. The van der Waals surface area contributed by atoms with Gasteiger partial charge >= 0.3 is 0 Å². The molecule has 2 N–H and O–H groups in total. The molecular weight excluding hydrogens is 238 g/mol. The first kappa shape index (κ1) is 14.5. The number of aromatic nitrogens is 2. The van der Waals surface area contributed by atoms with Crippen molar-refractivity contribution in [3.8, 4) is 0 Å². The van der Waals surface area contributed by atoms with Gasteiger partial charge in [0, 0.05) is 5.41 Å². The SMILES string of the molecule is CC1CC(C)(C)CCC1(N)c1noc(C(C)(C)C)n1. The van der Waals surface area contributed by atoms with Crippen LogP contribution >= 0.6 is 0 Å². The lowest BCUT2D eigenvalue weighted by Gasteiger charge is -2.44. The van der Waals surface area contributed by atoms with E-state index >= 15 is 0 Å². The number of hydrogen-bond donors (Lipinski definition) is 1. The van der Waals surface area contributed by atoms with Crippen LogP contribution in [0.15, 0.2) is 4.52 Å². The fourth-order valence-electron chi connectivity index (χ4n) is 2.95. The molecule has 108 valence electrons. The van der Waals surface area contributed by atoms with Gasteiger partial charge in [0.25, 0.3) is 0 Å². The Balaban J connectivity index is 2.28. The van der Waals surface area contributed by atoms with Crippen LogP contribution < -0.4 is 5.73 Å². The minimum Gasteiger partial charge on any atom is -0.339 e. The molecule has 0 spiro atoms. The molecule has 1 aromatic rings. The first-order valence-corrected chi connectivity index (χ1v) is 7.18. The Morgan fingerprint density at radius 2 is 1.89 bits per heavy atom. The van der Waals surface area contributed by atoms with Crippen LogP contribution in [0.2, 0.25) is 0 Å². The maximum absolute atomic E-state index is 6.62. The first-order chi connectivity index (χ1) is 8.55. The van der Waals surface area contributed by atoms with Crippen LogP contribution in [0.25, 0.3) is 0 Å². The Kier molecular flexibility index (Phi) is 3.28. The van der Waals surface area contributed by atoms with E-state index in [0.29, 0.717) is 23.0 Å². The molecule has 0 radical (unpaired) electrons. The van der Waals surface area contributed by atoms with Crippen molar-refractivity contribution in [1.82, 2.24) is 10.1 Å². The summed E-state index contributed by atoms with van der Waals surface area (Å²) in [6.07, 6.45) is 3.13. The topological polar surface area (TPSA) is 64.9 Å². The summed E-state index contributed by atoms with van der Waals surface area (Å²) in [5, 5.41) is 4.17. The highest BCUT2D eigenvalue weighted by Crippen LogP contribution is 2.46. The van der Waals surface area contributed by atoms with E-state index in [4.69, 9.17) is 10.3 Å². The van der Waals surface area contributed by atoms with Gasteiger partial charge in [-0.2, -0.15) is 4.98 Å². The molecule has 1 fully saturated rings. The number of nitrogens with two attached hydrogens (primary N) is 1. The van der Waals surface area contributed by atoms with E-state index in [1.807, 2.05) is 0 Å². The normalized spacial score (nSPS) is 31.4. The molecule has 4 heteroatoms. The third kappa shape index (κ3) is 2.69. The predicted molar refractivity (Wildman–Crippen MR) is 75.7 cm³/mol. The van der Waals surface area contributed by atoms with Gasteiger partial charge in [0.15, 0.2) is 5.82 Å². The molecule has 1 saturated carbocycles. The van der Waals surface area contributed by atoms with Gasteiger partial charge in [-0.15, -0.1) is 0 Å². The Bertz CT molecular complexity index is 458. The maximum atomic E-state index is 6.62. The van der Waals surface area contributed by atoms with E-state index in [1.165, 1.54) is 0 Å². The molecule has 0 amide bonds. The van der Waals surface area contributed by atoms with Crippen LogP contribution in [-0.2, 0) is 11.0 Å². The molecule has 2 unspecified atom stereocenters. The molecule has 0 saturated heterocycles. The molecular formula is C15H27N3O. The Morgan fingerprint density at radius 1 is 1.26 bits per heavy atom. The monoisotopic (exact) mass is 265 g/mol. The van der Waals surface area contributed by atoms with E-state index in [1.54, 1.807) is 0 Å². The van der Waals surface area contributed by atoms with Gasteiger partial charge in [0.2, 0.25) is 5.89 Å². The predicted octanol–water partition coefficient (Wildman–Crippen LogP) is 3.37. The van der Waals surface area contributed by atoms with Crippen molar-refractivity contribution in [3.05, 3.63) is 11.7 Å². The molecule has 1 aliphatic rings.